The van der Waals surface area contributed by atoms with E-state index >= 15 is 0 Å². The van der Waals surface area contributed by atoms with Crippen LogP contribution in [0.15, 0.2) is 53.4 Å². The number of hydrogen-bond donors (Lipinski definition) is 2. The minimum atomic E-state index is -4.14. The number of rotatable bonds is 5. The molecule has 0 heterocycles. The Morgan fingerprint density at radius 3 is 2.35 bits per heavy atom. The molecular weight excluding hydrogens is 322 g/mol. The lowest BCUT2D eigenvalue weighted by atomic mass is 10.2. The fourth-order valence-electron chi connectivity index (χ4n) is 1.92. The third kappa shape index (κ3) is 3.71. The first-order chi connectivity index (χ1) is 10.8. The Morgan fingerprint density at radius 1 is 1.09 bits per heavy atom. The monoisotopic (exact) mass is 335 g/mol. The molecule has 0 atom stereocenters. The topological polar surface area (TPSA) is 118 Å². The van der Waals surface area contributed by atoms with Gasteiger partial charge >= 0.3 is 0 Å². The average molecular weight is 335 g/mol. The molecule has 2 N–H and O–H groups in total. The standard InChI is InChI=1S/C14H13N3O5S/c1-10-12(17(19)20)8-5-9-13(10)23(21,22)16-15-14(18)11-6-3-2-4-7-11/h2-9,16H,1H3,(H,15,18). The second-order valence-electron chi connectivity index (χ2n) is 4.58. The van der Waals surface area contributed by atoms with Crippen LogP contribution in [-0.2, 0) is 10.0 Å². The average Bonchev–Trinajstić information content (AvgIpc) is 2.53. The molecule has 1 amide bonds. The Kier molecular flexibility index (Phi) is 4.72. The van der Waals surface area contributed by atoms with Crippen LogP contribution in [-0.4, -0.2) is 19.2 Å². The van der Waals surface area contributed by atoms with Crippen molar-refractivity contribution in [2.45, 2.75) is 11.8 Å². The first-order valence-electron chi connectivity index (χ1n) is 6.44. The van der Waals surface area contributed by atoms with Crippen molar-refractivity contribution in [2.24, 2.45) is 0 Å². The number of carbonyl (C=O) groups excluding carboxylic acids is 1. The molecule has 0 saturated heterocycles. The second kappa shape index (κ2) is 6.55. The third-order valence-corrected chi connectivity index (χ3v) is 4.47. The van der Waals surface area contributed by atoms with E-state index in [4.69, 9.17) is 0 Å². The van der Waals surface area contributed by atoms with Crippen molar-refractivity contribution >= 4 is 21.6 Å². The van der Waals surface area contributed by atoms with Crippen molar-refractivity contribution in [3.63, 3.8) is 0 Å². The van der Waals surface area contributed by atoms with E-state index in [-0.39, 0.29) is 21.7 Å². The molecule has 2 rings (SSSR count). The first kappa shape index (κ1) is 16.6. The van der Waals surface area contributed by atoms with E-state index < -0.39 is 20.9 Å². The maximum Gasteiger partial charge on any atom is 0.273 e. The molecule has 0 bridgehead atoms. The normalized spacial score (nSPS) is 11.0. The number of nitro groups is 1. The summed E-state index contributed by atoms with van der Waals surface area (Å²) in [5.74, 6) is -0.641. The zero-order valence-electron chi connectivity index (χ0n) is 12.0. The Hall–Kier alpha value is -2.78. The summed E-state index contributed by atoms with van der Waals surface area (Å²) in [5.41, 5.74) is 2.00. The quantitative estimate of drug-likeness (QED) is 0.634. The highest BCUT2D eigenvalue weighted by atomic mass is 32.2. The smallest absolute Gasteiger partial charge is 0.273 e. The van der Waals surface area contributed by atoms with Crippen LogP contribution in [0.1, 0.15) is 15.9 Å². The van der Waals surface area contributed by atoms with Crippen LogP contribution in [0.3, 0.4) is 0 Å². The molecule has 0 unspecified atom stereocenters. The zero-order valence-corrected chi connectivity index (χ0v) is 12.8. The van der Waals surface area contributed by atoms with Gasteiger partial charge in [0.25, 0.3) is 21.6 Å². The predicted octanol–water partition coefficient (Wildman–Crippen LogP) is 1.53. The minimum absolute atomic E-state index is 0.0149. The number of carbonyl (C=O) groups is 1. The number of amides is 1. The summed E-state index contributed by atoms with van der Waals surface area (Å²) in [5, 5.41) is 10.9. The van der Waals surface area contributed by atoms with Gasteiger partial charge in [-0.1, -0.05) is 24.3 Å². The molecule has 0 aliphatic carbocycles. The Bertz CT molecular complexity index is 850. The lowest BCUT2D eigenvalue weighted by molar-refractivity contribution is -0.385. The van der Waals surface area contributed by atoms with E-state index in [9.17, 15) is 23.3 Å². The van der Waals surface area contributed by atoms with Crippen LogP contribution in [0, 0.1) is 17.0 Å². The van der Waals surface area contributed by atoms with Crippen LogP contribution in [0.25, 0.3) is 0 Å². The van der Waals surface area contributed by atoms with E-state index in [1.807, 2.05) is 4.83 Å². The van der Waals surface area contributed by atoms with E-state index in [1.165, 1.54) is 37.3 Å². The van der Waals surface area contributed by atoms with Gasteiger partial charge in [-0.3, -0.25) is 20.3 Å². The highest BCUT2D eigenvalue weighted by Gasteiger charge is 2.23. The Labute approximate surface area is 132 Å². The summed E-state index contributed by atoms with van der Waals surface area (Å²) >= 11 is 0. The van der Waals surface area contributed by atoms with Crippen LogP contribution in [0.4, 0.5) is 5.69 Å². The molecule has 2 aromatic carbocycles. The molecule has 8 nitrogen and oxygen atoms in total. The number of nitro benzene ring substituents is 1. The molecule has 23 heavy (non-hydrogen) atoms. The van der Waals surface area contributed by atoms with Gasteiger partial charge in [0.05, 0.1) is 9.82 Å². The van der Waals surface area contributed by atoms with E-state index in [0.29, 0.717) is 0 Å². The number of nitrogens with zero attached hydrogens (tertiary/aromatic N) is 1. The molecule has 120 valence electrons. The van der Waals surface area contributed by atoms with E-state index in [0.717, 1.165) is 0 Å². The second-order valence-corrected chi connectivity index (χ2v) is 6.23. The summed E-state index contributed by atoms with van der Waals surface area (Å²) in [6.07, 6.45) is 0. The number of hydrazine groups is 1. The molecule has 0 radical (unpaired) electrons. The molecule has 9 heteroatoms. The van der Waals surface area contributed by atoms with Crippen molar-refractivity contribution < 1.29 is 18.1 Å². The van der Waals surface area contributed by atoms with Gasteiger partial charge in [-0.2, -0.15) is 0 Å². The Morgan fingerprint density at radius 2 is 1.74 bits per heavy atom. The maximum atomic E-state index is 12.2. The highest BCUT2D eigenvalue weighted by Crippen LogP contribution is 2.24. The number of hydrogen-bond acceptors (Lipinski definition) is 5. The zero-order chi connectivity index (χ0) is 17.0. The molecule has 0 aliphatic rings. The van der Waals surface area contributed by atoms with Crippen LogP contribution in [0.2, 0.25) is 0 Å². The summed E-state index contributed by atoms with van der Waals surface area (Å²) in [7, 11) is -4.14. The van der Waals surface area contributed by atoms with Gasteiger partial charge in [-0.05, 0) is 25.1 Å². The summed E-state index contributed by atoms with van der Waals surface area (Å²) < 4.78 is 24.4. The van der Waals surface area contributed by atoms with Gasteiger partial charge in [0.1, 0.15) is 0 Å². The first-order valence-corrected chi connectivity index (χ1v) is 7.92. The summed E-state index contributed by atoms with van der Waals surface area (Å²) in [4.78, 5) is 23.7. The fraction of sp³-hybridized carbons (Fsp3) is 0.0714. The molecule has 2 aromatic rings. The van der Waals surface area contributed by atoms with Gasteiger partial charge < -0.3 is 0 Å². The number of benzene rings is 2. The lowest BCUT2D eigenvalue weighted by Gasteiger charge is -2.10. The van der Waals surface area contributed by atoms with Gasteiger partial charge in [0.2, 0.25) is 0 Å². The van der Waals surface area contributed by atoms with Gasteiger partial charge in [0.15, 0.2) is 0 Å². The van der Waals surface area contributed by atoms with Crippen LogP contribution >= 0.6 is 0 Å². The molecule has 0 aliphatic heterocycles. The summed E-state index contributed by atoms with van der Waals surface area (Å²) in [6.45, 7) is 1.33. The highest BCUT2D eigenvalue weighted by molar-refractivity contribution is 7.89. The van der Waals surface area contributed by atoms with Crippen LogP contribution in [0.5, 0.6) is 0 Å². The van der Waals surface area contributed by atoms with Gasteiger partial charge in [-0.25, -0.2) is 8.42 Å². The van der Waals surface area contributed by atoms with Crippen molar-refractivity contribution in [1.29, 1.82) is 0 Å². The van der Waals surface area contributed by atoms with Crippen molar-refractivity contribution in [3.05, 3.63) is 69.8 Å². The van der Waals surface area contributed by atoms with E-state index in [2.05, 4.69) is 5.43 Å². The van der Waals surface area contributed by atoms with Crippen molar-refractivity contribution in [2.75, 3.05) is 0 Å². The van der Waals surface area contributed by atoms with Crippen LogP contribution < -0.4 is 10.3 Å². The Balaban J connectivity index is 2.22. The number of sulfonamides is 1. The minimum Gasteiger partial charge on any atom is -0.273 e. The maximum absolute atomic E-state index is 12.2. The SMILES string of the molecule is Cc1c([N+](=O)[O-])cccc1S(=O)(=O)NNC(=O)c1ccccc1. The van der Waals surface area contributed by atoms with Crippen molar-refractivity contribution in [3.8, 4) is 0 Å². The lowest BCUT2D eigenvalue weighted by Crippen LogP contribution is -2.41. The molecule has 0 fully saturated rings. The largest absolute Gasteiger partial charge is 0.273 e. The molecule has 0 aromatic heterocycles. The van der Waals surface area contributed by atoms with Crippen molar-refractivity contribution in [1.82, 2.24) is 10.3 Å². The van der Waals surface area contributed by atoms with Gasteiger partial charge in [0, 0.05) is 17.2 Å². The molecular formula is C14H13N3O5S. The molecule has 0 saturated carbocycles. The summed E-state index contributed by atoms with van der Waals surface area (Å²) in [6, 6.07) is 11.7. The fourth-order valence-corrected chi connectivity index (χ4v) is 3.02. The predicted molar refractivity (Wildman–Crippen MR) is 82.1 cm³/mol. The molecule has 0 spiro atoms. The van der Waals surface area contributed by atoms with E-state index in [1.54, 1.807) is 18.2 Å². The number of nitrogens with one attached hydrogen (secondary N) is 2. The van der Waals surface area contributed by atoms with Gasteiger partial charge in [-0.15, -0.1) is 4.83 Å². The third-order valence-electron chi connectivity index (χ3n) is 3.08.